The smallest absolute Gasteiger partial charge is 0.305 e. The van der Waals surface area contributed by atoms with Gasteiger partial charge in [-0.25, -0.2) is 4.98 Å². The number of carboxylic acid groups (broad SMARTS) is 1. The number of carboxylic acids is 1. The zero-order valence-electron chi connectivity index (χ0n) is 14.2. The highest BCUT2D eigenvalue weighted by atomic mass is 32.2. The molecule has 1 aromatic carbocycles. The van der Waals surface area contributed by atoms with E-state index in [1.165, 1.54) is 18.5 Å². The maximum atomic E-state index is 11.6. The molecule has 1 amide bonds. The monoisotopic (exact) mass is 399 g/mol. The highest BCUT2D eigenvalue weighted by Crippen LogP contribution is 2.22. The van der Waals surface area contributed by atoms with E-state index in [2.05, 4.69) is 20.5 Å². The average molecular weight is 399 g/mol. The molecule has 2 N–H and O–H groups in total. The van der Waals surface area contributed by atoms with E-state index in [0.717, 1.165) is 22.9 Å². The van der Waals surface area contributed by atoms with Gasteiger partial charge in [0.2, 0.25) is 5.91 Å². The molecule has 1 aliphatic rings. The molecular formula is C17H13N5O5S. The first-order chi connectivity index (χ1) is 13.4. The molecule has 1 atom stereocenters. The van der Waals surface area contributed by atoms with Crippen molar-refractivity contribution in [2.45, 2.75) is 11.7 Å². The van der Waals surface area contributed by atoms with Crippen molar-refractivity contribution in [3.63, 3.8) is 0 Å². The number of hydrogen-bond acceptors (Lipinski definition) is 8. The van der Waals surface area contributed by atoms with E-state index in [9.17, 15) is 19.7 Å². The minimum atomic E-state index is -1.06. The summed E-state index contributed by atoms with van der Waals surface area (Å²) >= 11 is 1.02. The van der Waals surface area contributed by atoms with Gasteiger partial charge in [-0.05, 0) is 11.6 Å². The SMILES string of the molecule is O=C(O)CC1SC(=NN=Cc2ccc(-c3ccc([N+](=O)[O-])cn3)cc2)NC1=O. The molecule has 0 saturated carbocycles. The summed E-state index contributed by atoms with van der Waals surface area (Å²) in [5.41, 5.74) is 2.05. The number of nitrogens with one attached hydrogen (secondary N) is 1. The van der Waals surface area contributed by atoms with Crippen LogP contribution in [0.5, 0.6) is 0 Å². The van der Waals surface area contributed by atoms with Crippen molar-refractivity contribution in [2.75, 3.05) is 0 Å². The van der Waals surface area contributed by atoms with E-state index < -0.39 is 22.0 Å². The highest BCUT2D eigenvalue weighted by molar-refractivity contribution is 8.15. The van der Waals surface area contributed by atoms with Crippen molar-refractivity contribution in [2.24, 2.45) is 10.2 Å². The predicted octanol–water partition coefficient (Wildman–Crippen LogP) is 2.05. The molecule has 1 unspecified atom stereocenters. The van der Waals surface area contributed by atoms with Crippen molar-refractivity contribution < 1.29 is 19.6 Å². The third-order valence-corrected chi connectivity index (χ3v) is 4.73. The lowest BCUT2D eigenvalue weighted by molar-refractivity contribution is -0.385. The van der Waals surface area contributed by atoms with Crippen LogP contribution in [0.2, 0.25) is 0 Å². The van der Waals surface area contributed by atoms with Crippen LogP contribution in [0.1, 0.15) is 12.0 Å². The van der Waals surface area contributed by atoms with Gasteiger partial charge in [0.15, 0.2) is 5.17 Å². The van der Waals surface area contributed by atoms with Gasteiger partial charge in [0, 0.05) is 11.6 Å². The Morgan fingerprint density at radius 1 is 1.32 bits per heavy atom. The molecule has 142 valence electrons. The van der Waals surface area contributed by atoms with Crippen molar-refractivity contribution in [3.8, 4) is 11.3 Å². The second-order valence-electron chi connectivity index (χ2n) is 5.62. The number of hydrogen-bond donors (Lipinski definition) is 2. The number of amides is 1. The summed E-state index contributed by atoms with van der Waals surface area (Å²) in [6.45, 7) is 0. The van der Waals surface area contributed by atoms with E-state index in [0.29, 0.717) is 5.69 Å². The molecule has 1 aliphatic heterocycles. The van der Waals surface area contributed by atoms with Crippen LogP contribution in [-0.4, -0.2) is 43.5 Å². The quantitative estimate of drug-likeness (QED) is 0.429. The number of carbonyl (C=O) groups is 2. The Morgan fingerprint density at radius 2 is 2.07 bits per heavy atom. The van der Waals surface area contributed by atoms with E-state index in [1.807, 2.05) is 0 Å². The van der Waals surface area contributed by atoms with Crippen LogP contribution in [0.25, 0.3) is 11.3 Å². The van der Waals surface area contributed by atoms with Crippen LogP contribution in [0.3, 0.4) is 0 Å². The molecule has 1 fully saturated rings. The van der Waals surface area contributed by atoms with Crippen LogP contribution >= 0.6 is 11.8 Å². The van der Waals surface area contributed by atoms with Gasteiger partial charge in [0.05, 0.1) is 23.3 Å². The van der Waals surface area contributed by atoms with E-state index in [4.69, 9.17) is 5.11 Å². The third-order valence-electron chi connectivity index (χ3n) is 3.66. The summed E-state index contributed by atoms with van der Waals surface area (Å²) in [4.78, 5) is 36.5. The minimum absolute atomic E-state index is 0.0749. The molecule has 3 rings (SSSR count). The molecule has 0 bridgehead atoms. The van der Waals surface area contributed by atoms with Gasteiger partial charge in [-0.15, -0.1) is 5.10 Å². The minimum Gasteiger partial charge on any atom is -0.481 e. The number of benzene rings is 1. The summed E-state index contributed by atoms with van der Waals surface area (Å²) in [5.74, 6) is -1.46. The molecule has 0 radical (unpaired) electrons. The lowest BCUT2D eigenvalue weighted by Crippen LogP contribution is -2.26. The Labute approximate surface area is 162 Å². The highest BCUT2D eigenvalue weighted by Gasteiger charge is 2.32. The Morgan fingerprint density at radius 3 is 2.68 bits per heavy atom. The number of rotatable bonds is 6. The van der Waals surface area contributed by atoms with Crippen LogP contribution in [0.15, 0.2) is 52.8 Å². The number of carbonyl (C=O) groups excluding carboxylic acids is 1. The molecule has 28 heavy (non-hydrogen) atoms. The largest absolute Gasteiger partial charge is 0.481 e. The second kappa shape index (κ2) is 8.39. The number of amidine groups is 1. The van der Waals surface area contributed by atoms with Crippen molar-refractivity contribution >= 4 is 40.7 Å². The summed E-state index contributed by atoms with van der Waals surface area (Å²) < 4.78 is 0. The number of nitrogens with zero attached hydrogens (tertiary/aromatic N) is 4. The topological polar surface area (TPSA) is 147 Å². The zero-order chi connectivity index (χ0) is 20.1. The van der Waals surface area contributed by atoms with Gasteiger partial charge in [-0.2, -0.15) is 5.10 Å². The summed E-state index contributed by atoms with van der Waals surface area (Å²) in [7, 11) is 0. The number of pyridine rings is 1. The van der Waals surface area contributed by atoms with Gasteiger partial charge < -0.3 is 10.4 Å². The van der Waals surface area contributed by atoms with Gasteiger partial charge in [-0.3, -0.25) is 19.7 Å². The van der Waals surface area contributed by atoms with Crippen LogP contribution in [0.4, 0.5) is 5.69 Å². The van der Waals surface area contributed by atoms with E-state index in [-0.39, 0.29) is 17.3 Å². The van der Waals surface area contributed by atoms with E-state index >= 15 is 0 Å². The Bertz CT molecular complexity index is 972. The Balaban J connectivity index is 1.63. The van der Waals surface area contributed by atoms with Crippen molar-refractivity contribution in [1.29, 1.82) is 0 Å². The molecule has 2 heterocycles. The molecule has 1 saturated heterocycles. The summed E-state index contributed by atoms with van der Waals surface area (Å²) in [5, 5.41) is 29.2. The lowest BCUT2D eigenvalue weighted by Gasteiger charge is -2.01. The molecule has 2 aromatic rings. The van der Waals surface area contributed by atoms with Crippen molar-refractivity contribution in [3.05, 3.63) is 58.3 Å². The molecule has 0 spiro atoms. The first-order valence-electron chi connectivity index (χ1n) is 7.93. The summed E-state index contributed by atoms with van der Waals surface area (Å²) in [6, 6.07) is 10.1. The number of aromatic nitrogens is 1. The number of nitro groups is 1. The van der Waals surface area contributed by atoms with E-state index in [1.54, 1.807) is 30.3 Å². The van der Waals surface area contributed by atoms with Gasteiger partial charge in [0.1, 0.15) is 11.4 Å². The second-order valence-corrected chi connectivity index (χ2v) is 6.82. The summed E-state index contributed by atoms with van der Waals surface area (Å²) in [6.07, 6.45) is 2.40. The zero-order valence-corrected chi connectivity index (χ0v) is 15.0. The molecule has 1 aromatic heterocycles. The fourth-order valence-electron chi connectivity index (χ4n) is 2.30. The fourth-order valence-corrected chi connectivity index (χ4v) is 3.21. The number of thioether (sulfide) groups is 1. The number of aliphatic carboxylic acids is 1. The Kier molecular flexibility index (Phi) is 5.75. The standard InChI is InChI=1S/C17H13N5O5S/c23-15(24)7-14-16(25)20-17(28-14)21-19-8-10-1-3-11(4-2-10)13-6-5-12(9-18-13)22(26)27/h1-6,8-9,14H,7H2,(H,23,24)(H,20,21,25). The van der Waals surface area contributed by atoms with Crippen LogP contribution in [-0.2, 0) is 9.59 Å². The third kappa shape index (κ3) is 4.76. The lowest BCUT2D eigenvalue weighted by atomic mass is 10.1. The molecule has 10 nitrogen and oxygen atoms in total. The predicted molar refractivity (Wildman–Crippen MR) is 103 cm³/mol. The normalized spacial score (nSPS) is 17.8. The fraction of sp³-hybridized carbons (Fsp3) is 0.118. The van der Waals surface area contributed by atoms with Crippen LogP contribution in [0, 0.1) is 10.1 Å². The average Bonchev–Trinajstić information content (AvgIpc) is 3.01. The van der Waals surface area contributed by atoms with Crippen molar-refractivity contribution in [1.82, 2.24) is 10.3 Å². The van der Waals surface area contributed by atoms with Gasteiger partial charge in [0.25, 0.3) is 5.69 Å². The Hall–Kier alpha value is -3.60. The van der Waals surface area contributed by atoms with Gasteiger partial charge in [-0.1, -0.05) is 36.0 Å². The maximum absolute atomic E-state index is 11.6. The molecule has 11 heteroatoms. The van der Waals surface area contributed by atoms with Crippen LogP contribution < -0.4 is 5.32 Å². The van der Waals surface area contributed by atoms with Gasteiger partial charge >= 0.3 is 5.97 Å². The molecule has 0 aliphatic carbocycles. The molecular weight excluding hydrogens is 386 g/mol. The first-order valence-corrected chi connectivity index (χ1v) is 8.81. The maximum Gasteiger partial charge on any atom is 0.305 e. The first kappa shape index (κ1) is 19.2.